The third-order valence-corrected chi connectivity index (χ3v) is 2.56. The molecule has 0 aliphatic rings. The van der Waals surface area contributed by atoms with Crippen LogP contribution in [-0.2, 0) is 0 Å². The van der Waals surface area contributed by atoms with Gasteiger partial charge in [0.25, 0.3) is 5.91 Å². The number of hydrogen-bond donors (Lipinski definition) is 2. The van der Waals surface area contributed by atoms with Crippen LogP contribution in [0.2, 0.25) is 0 Å². The molecular formula is C14H12N4O. The number of carbonyl (C=O) groups excluding carboxylic acids is 1. The van der Waals surface area contributed by atoms with Gasteiger partial charge in [0, 0.05) is 11.4 Å². The highest BCUT2D eigenvalue weighted by atomic mass is 16.1. The molecule has 0 saturated carbocycles. The van der Waals surface area contributed by atoms with Crippen molar-refractivity contribution in [2.75, 3.05) is 5.32 Å². The van der Waals surface area contributed by atoms with E-state index in [0.29, 0.717) is 17.1 Å². The molecule has 1 amide bonds. The Hall–Kier alpha value is -2.87. The monoisotopic (exact) mass is 252 g/mol. The van der Waals surface area contributed by atoms with Crippen LogP contribution in [0.25, 0.3) is 4.85 Å². The van der Waals surface area contributed by atoms with Crippen LogP contribution < -0.4 is 11.1 Å². The van der Waals surface area contributed by atoms with Crippen LogP contribution >= 0.6 is 0 Å². The van der Waals surface area contributed by atoms with E-state index in [4.69, 9.17) is 12.3 Å². The van der Waals surface area contributed by atoms with Crippen molar-refractivity contribution in [3.63, 3.8) is 0 Å². The predicted octanol–water partition coefficient (Wildman–Crippen LogP) is 2.78. The van der Waals surface area contributed by atoms with E-state index in [1.807, 2.05) is 6.92 Å². The Labute approximate surface area is 110 Å². The van der Waals surface area contributed by atoms with Crippen LogP contribution in [0.1, 0.15) is 16.1 Å². The zero-order valence-corrected chi connectivity index (χ0v) is 10.3. The summed E-state index contributed by atoms with van der Waals surface area (Å²) in [5.41, 5.74) is 7.72. The van der Waals surface area contributed by atoms with Gasteiger partial charge in [-0.1, -0.05) is 12.1 Å². The number of nitrogens with zero attached hydrogens (tertiary/aromatic N) is 2. The Bertz CT molecular complexity index is 656. The maximum Gasteiger partial charge on any atom is 0.252 e. The minimum absolute atomic E-state index is 0.333. The van der Waals surface area contributed by atoms with Crippen molar-refractivity contribution in [3.05, 3.63) is 59.1 Å². The summed E-state index contributed by atoms with van der Waals surface area (Å²) in [4.78, 5) is 18.9. The number of amides is 1. The third kappa shape index (κ3) is 2.87. The fourth-order valence-electron chi connectivity index (χ4n) is 1.61. The van der Waals surface area contributed by atoms with Gasteiger partial charge in [0.05, 0.1) is 12.1 Å². The molecule has 5 heteroatoms. The second-order valence-corrected chi connectivity index (χ2v) is 4.00. The molecule has 0 unspecified atom stereocenters. The quantitative estimate of drug-likeness (QED) is 0.825. The van der Waals surface area contributed by atoms with E-state index in [1.165, 1.54) is 0 Å². The highest BCUT2D eigenvalue weighted by molar-refractivity contribution is 5.98. The Morgan fingerprint density at radius 1 is 1.26 bits per heavy atom. The van der Waals surface area contributed by atoms with Crippen LogP contribution in [0.4, 0.5) is 17.2 Å². The predicted molar refractivity (Wildman–Crippen MR) is 73.5 cm³/mol. The number of benzene rings is 1. The minimum atomic E-state index is -0.534. The minimum Gasteiger partial charge on any atom is -0.365 e. The topological polar surface area (TPSA) is 72.4 Å². The number of anilines is 2. The highest BCUT2D eigenvalue weighted by Gasteiger charge is 2.10. The molecule has 19 heavy (non-hydrogen) atoms. The molecule has 2 aromatic rings. The van der Waals surface area contributed by atoms with Crippen LogP contribution in [0.3, 0.4) is 0 Å². The molecule has 0 radical (unpaired) electrons. The number of nitrogens with one attached hydrogen (secondary N) is 1. The van der Waals surface area contributed by atoms with Gasteiger partial charge in [-0.3, -0.25) is 4.79 Å². The first-order valence-corrected chi connectivity index (χ1v) is 5.62. The van der Waals surface area contributed by atoms with E-state index in [1.54, 1.807) is 36.4 Å². The normalized spacial score (nSPS) is 9.68. The fraction of sp³-hybridized carbons (Fsp3) is 0.0714. The summed E-state index contributed by atoms with van der Waals surface area (Å²) < 4.78 is 0. The van der Waals surface area contributed by atoms with Crippen molar-refractivity contribution in [2.24, 2.45) is 5.73 Å². The largest absolute Gasteiger partial charge is 0.365 e. The van der Waals surface area contributed by atoms with Gasteiger partial charge in [0.15, 0.2) is 5.69 Å². The summed E-state index contributed by atoms with van der Waals surface area (Å²) >= 11 is 0. The van der Waals surface area contributed by atoms with E-state index in [0.717, 1.165) is 11.4 Å². The van der Waals surface area contributed by atoms with Gasteiger partial charge in [-0.25, -0.2) is 9.83 Å². The molecule has 0 saturated heterocycles. The van der Waals surface area contributed by atoms with Crippen molar-refractivity contribution in [1.82, 2.24) is 4.98 Å². The molecule has 5 nitrogen and oxygen atoms in total. The molecule has 1 heterocycles. The van der Waals surface area contributed by atoms with Crippen LogP contribution in [0.5, 0.6) is 0 Å². The SMILES string of the molecule is [C-]#[N+]c1ccc(Nc2nc(C)ccc2C(N)=O)cc1. The lowest BCUT2D eigenvalue weighted by molar-refractivity contribution is 0.100. The van der Waals surface area contributed by atoms with Gasteiger partial charge in [-0.15, -0.1) is 0 Å². The maximum absolute atomic E-state index is 11.3. The zero-order valence-electron chi connectivity index (χ0n) is 10.3. The van der Waals surface area contributed by atoms with Gasteiger partial charge in [0.2, 0.25) is 0 Å². The Kier molecular flexibility index (Phi) is 3.44. The lowest BCUT2D eigenvalue weighted by atomic mass is 10.2. The summed E-state index contributed by atoms with van der Waals surface area (Å²) in [6.45, 7) is 8.72. The summed E-state index contributed by atoms with van der Waals surface area (Å²) in [5, 5.41) is 3.03. The van der Waals surface area contributed by atoms with Gasteiger partial charge in [-0.05, 0) is 31.2 Å². The zero-order chi connectivity index (χ0) is 13.8. The third-order valence-electron chi connectivity index (χ3n) is 2.56. The first-order chi connectivity index (χ1) is 9.10. The van der Waals surface area contributed by atoms with E-state index >= 15 is 0 Å². The molecule has 0 aliphatic heterocycles. The molecule has 94 valence electrons. The van der Waals surface area contributed by atoms with Gasteiger partial charge >= 0.3 is 0 Å². The van der Waals surface area contributed by atoms with Crippen molar-refractivity contribution < 1.29 is 4.79 Å². The standard InChI is InChI=1S/C14H12N4O/c1-9-3-8-12(13(15)19)14(17-9)18-11-6-4-10(16-2)5-7-11/h3-8H,1H3,(H2,15,19)(H,17,18). The maximum atomic E-state index is 11.3. The Morgan fingerprint density at radius 2 is 1.95 bits per heavy atom. The van der Waals surface area contributed by atoms with Crippen LogP contribution in [0.15, 0.2) is 36.4 Å². The summed E-state index contributed by atoms with van der Waals surface area (Å²) in [7, 11) is 0. The first-order valence-electron chi connectivity index (χ1n) is 5.62. The number of rotatable bonds is 3. The molecule has 0 aliphatic carbocycles. The van der Waals surface area contributed by atoms with E-state index in [2.05, 4.69) is 15.1 Å². The second kappa shape index (κ2) is 5.19. The fourth-order valence-corrected chi connectivity index (χ4v) is 1.61. The number of carbonyl (C=O) groups is 1. The molecule has 0 atom stereocenters. The first kappa shape index (κ1) is 12.6. The Balaban J connectivity index is 2.34. The van der Waals surface area contributed by atoms with Crippen LogP contribution in [0, 0.1) is 13.5 Å². The number of hydrogen-bond acceptors (Lipinski definition) is 3. The lowest BCUT2D eigenvalue weighted by Gasteiger charge is -2.10. The molecule has 1 aromatic heterocycles. The second-order valence-electron chi connectivity index (χ2n) is 4.00. The van der Waals surface area contributed by atoms with Gasteiger partial charge in [-0.2, -0.15) is 0 Å². The van der Waals surface area contributed by atoms with E-state index in [9.17, 15) is 4.79 Å². The summed E-state index contributed by atoms with van der Waals surface area (Å²) in [6, 6.07) is 10.3. The van der Waals surface area contributed by atoms with E-state index in [-0.39, 0.29) is 0 Å². The van der Waals surface area contributed by atoms with Gasteiger partial charge in [0.1, 0.15) is 5.82 Å². The number of aromatic nitrogens is 1. The average molecular weight is 252 g/mol. The number of aryl methyl sites for hydroxylation is 1. The van der Waals surface area contributed by atoms with Crippen molar-refractivity contribution in [1.29, 1.82) is 0 Å². The number of primary amides is 1. The van der Waals surface area contributed by atoms with E-state index < -0.39 is 5.91 Å². The molecule has 3 N–H and O–H groups in total. The molecule has 1 aromatic carbocycles. The highest BCUT2D eigenvalue weighted by Crippen LogP contribution is 2.21. The summed E-state index contributed by atoms with van der Waals surface area (Å²) in [6.07, 6.45) is 0. The van der Waals surface area contributed by atoms with Gasteiger partial charge < -0.3 is 11.1 Å². The van der Waals surface area contributed by atoms with Crippen molar-refractivity contribution in [2.45, 2.75) is 6.92 Å². The molecular weight excluding hydrogens is 240 g/mol. The molecule has 2 rings (SSSR count). The number of pyridine rings is 1. The van der Waals surface area contributed by atoms with Crippen molar-refractivity contribution >= 4 is 23.1 Å². The average Bonchev–Trinajstić information content (AvgIpc) is 2.39. The molecule has 0 bridgehead atoms. The Morgan fingerprint density at radius 3 is 2.53 bits per heavy atom. The summed E-state index contributed by atoms with van der Waals surface area (Å²) in [5.74, 6) is -0.115. The molecule has 0 fully saturated rings. The number of nitrogens with two attached hydrogens (primary N) is 1. The smallest absolute Gasteiger partial charge is 0.252 e. The van der Waals surface area contributed by atoms with Crippen LogP contribution in [-0.4, -0.2) is 10.9 Å². The van der Waals surface area contributed by atoms with Crippen molar-refractivity contribution in [3.8, 4) is 0 Å². The lowest BCUT2D eigenvalue weighted by Crippen LogP contribution is -2.14. The molecule has 0 spiro atoms.